The Morgan fingerprint density at radius 1 is 1.32 bits per heavy atom. The Hall–Kier alpha value is -1.75. The monoisotopic (exact) mass is 266 g/mol. The van der Waals surface area contributed by atoms with Gasteiger partial charge in [0.2, 0.25) is 0 Å². The molecule has 0 saturated carbocycles. The van der Waals surface area contributed by atoms with Gasteiger partial charge < -0.3 is 20.5 Å². The lowest BCUT2D eigenvalue weighted by Gasteiger charge is -2.16. The van der Waals surface area contributed by atoms with Crippen LogP contribution in [0.25, 0.3) is 0 Å². The molecule has 5 nitrogen and oxygen atoms in total. The van der Waals surface area contributed by atoms with Crippen molar-refractivity contribution in [3.05, 3.63) is 29.8 Å². The van der Waals surface area contributed by atoms with Crippen LogP contribution in [-0.4, -0.2) is 29.9 Å². The van der Waals surface area contributed by atoms with Crippen LogP contribution in [0.3, 0.4) is 0 Å². The number of urea groups is 1. The van der Waals surface area contributed by atoms with Gasteiger partial charge in [0, 0.05) is 12.1 Å². The van der Waals surface area contributed by atoms with E-state index < -0.39 is 0 Å². The second-order valence-electron chi connectivity index (χ2n) is 4.68. The molecule has 0 aliphatic rings. The molecule has 0 heterocycles. The van der Waals surface area contributed by atoms with Crippen LogP contribution in [0.15, 0.2) is 24.3 Å². The Morgan fingerprint density at radius 3 is 2.63 bits per heavy atom. The summed E-state index contributed by atoms with van der Waals surface area (Å²) < 4.78 is 5.67. The fourth-order valence-electron chi connectivity index (χ4n) is 1.51. The Kier molecular flexibility index (Phi) is 6.15. The molecular formula is C14H22N2O3. The van der Waals surface area contributed by atoms with Gasteiger partial charge in [-0.05, 0) is 26.8 Å². The Labute approximate surface area is 114 Å². The van der Waals surface area contributed by atoms with Gasteiger partial charge in [0.25, 0.3) is 0 Å². The number of carbonyl (C=O) groups is 1. The van der Waals surface area contributed by atoms with E-state index in [1.165, 1.54) is 0 Å². The number of para-hydroxylation sites is 1. The fraction of sp³-hybridized carbons (Fsp3) is 0.500. The Morgan fingerprint density at radius 2 is 2.00 bits per heavy atom. The van der Waals surface area contributed by atoms with Crippen molar-refractivity contribution in [3.8, 4) is 5.75 Å². The summed E-state index contributed by atoms with van der Waals surface area (Å²) in [6.07, 6.45) is 0.0874. The second-order valence-corrected chi connectivity index (χ2v) is 4.68. The first-order valence-corrected chi connectivity index (χ1v) is 6.42. The average molecular weight is 266 g/mol. The molecule has 2 amide bonds. The standard InChI is InChI=1S/C14H22N2O3/c1-10(2)19-13-7-5-4-6-12(13)8-15-14(18)16-11(3)9-17/h4-7,10-11,17H,8-9H2,1-3H3,(H2,15,16,18)/t11-/m0/s1. The molecule has 106 valence electrons. The molecule has 1 aromatic carbocycles. The number of ether oxygens (including phenoxy) is 1. The largest absolute Gasteiger partial charge is 0.491 e. The van der Waals surface area contributed by atoms with Gasteiger partial charge in [-0.25, -0.2) is 4.79 Å². The summed E-state index contributed by atoms with van der Waals surface area (Å²) in [6.45, 7) is 5.95. The molecule has 0 radical (unpaired) electrons. The number of rotatable bonds is 6. The van der Waals surface area contributed by atoms with Gasteiger partial charge in [-0.15, -0.1) is 0 Å². The van der Waals surface area contributed by atoms with Crippen molar-refractivity contribution in [2.24, 2.45) is 0 Å². The van der Waals surface area contributed by atoms with E-state index in [9.17, 15) is 4.79 Å². The molecule has 3 N–H and O–H groups in total. The first-order valence-electron chi connectivity index (χ1n) is 6.42. The molecule has 0 bridgehead atoms. The first kappa shape index (κ1) is 15.3. The summed E-state index contributed by atoms with van der Waals surface area (Å²) in [7, 11) is 0. The van der Waals surface area contributed by atoms with Crippen LogP contribution < -0.4 is 15.4 Å². The van der Waals surface area contributed by atoms with E-state index in [4.69, 9.17) is 9.84 Å². The molecule has 19 heavy (non-hydrogen) atoms. The highest BCUT2D eigenvalue weighted by Crippen LogP contribution is 2.18. The van der Waals surface area contributed by atoms with Gasteiger partial charge in [0.1, 0.15) is 5.75 Å². The molecule has 0 fully saturated rings. The van der Waals surface area contributed by atoms with Crippen LogP contribution in [0.4, 0.5) is 4.79 Å². The van der Waals surface area contributed by atoms with Crippen molar-refractivity contribution in [1.29, 1.82) is 0 Å². The number of aliphatic hydroxyl groups excluding tert-OH is 1. The van der Waals surface area contributed by atoms with Crippen LogP contribution in [0.1, 0.15) is 26.3 Å². The van der Waals surface area contributed by atoms with Gasteiger partial charge in [-0.1, -0.05) is 18.2 Å². The van der Waals surface area contributed by atoms with E-state index in [1.54, 1.807) is 6.92 Å². The Balaban J connectivity index is 2.55. The number of amides is 2. The predicted octanol–water partition coefficient (Wildman–Crippen LogP) is 1.65. The molecule has 1 atom stereocenters. The lowest BCUT2D eigenvalue weighted by molar-refractivity contribution is 0.219. The van der Waals surface area contributed by atoms with E-state index in [2.05, 4.69) is 10.6 Å². The summed E-state index contributed by atoms with van der Waals surface area (Å²) in [4.78, 5) is 11.5. The van der Waals surface area contributed by atoms with Gasteiger partial charge in [0.05, 0.1) is 18.8 Å². The molecule has 0 spiro atoms. The lowest BCUT2D eigenvalue weighted by Crippen LogP contribution is -2.42. The number of nitrogens with one attached hydrogen (secondary N) is 2. The summed E-state index contributed by atoms with van der Waals surface area (Å²) in [5, 5.41) is 14.2. The van der Waals surface area contributed by atoms with E-state index >= 15 is 0 Å². The molecule has 0 aliphatic heterocycles. The van der Waals surface area contributed by atoms with Gasteiger partial charge in [-0.2, -0.15) is 0 Å². The highest BCUT2D eigenvalue weighted by Gasteiger charge is 2.08. The van der Waals surface area contributed by atoms with E-state index in [-0.39, 0.29) is 24.8 Å². The molecule has 0 aliphatic carbocycles. The van der Waals surface area contributed by atoms with Crippen molar-refractivity contribution in [2.45, 2.75) is 39.5 Å². The SMILES string of the molecule is CC(C)Oc1ccccc1CNC(=O)N[C@@H](C)CO. The summed E-state index contributed by atoms with van der Waals surface area (Å²) >= 11 is 0. The van der Waals surface area contributed by atoms with Crippen LogP contribution in [0, 0.1) is 0 Å². The fourth-order valence-corrected chi connectivity index (χ4v) is 1.51. The number of hydrogen-bond acceptors (Lipinski definition) is 3. The average Bonchev–Trinajstić information content (AvgIpc) is 2.37. The lowest BCUT2D eigenvalue weighted by atomic mass is 10.2. The maximum atomic E-state index is 11.5. The smallest absolute Gasteiger partial charge is 0.315 e. The van der Waals surface area contributed by atoms with Crippen LogP contribution >= 0.6 is 0 Å². The van der Waals surface area contributed by atoms with E-state index in [0.717, 1.165) is 11.3 Å². The number of carbonyl (C=O) groups excluding carboxylic acids is 1. The molecule has 0 aromatic heterocycles. The third kappa shape index (κ3) is 5.61. The number of hydrogen-bond donors (Lipinski definition) is 3. The topological polar surface area (TPSA) is 70.6 Å². The number of aliphatic hydroxyl groups is 1. The molecule has 5 heteroatoms. The van der Waals surface area contributed by atoms with Crippen molar-refractivity contribution < 1.29 is 14.6 Å². The van der Waals surface area contributed by atoms with Crippen LogP contribution in [0.5, 0.6) is 5.75 Å². The maximum Gasteiger partial charge on any atom is 0.315 e. The second kappa shape index (κ2) is 7.63. The third-order valence-electron chi connectivity index (χ3n) is 2.43. The number of benzene rings is 1. The normalized spacial score (nSPS) is 12.1. The molecule has 0 saturated heterocycles. The zero-order valence-corrected chi connectivity index (χ0v) is 11.6. The van der Waals surface area contributed by atoms with Crippen molar-refractivity contribution >= 4 is 6.03 Å². The minimum Gasteiger partial charge on any atom is -0.491 e. The minimum absolute atomic E-state index is 0.0829. The molecule has 1 aromatic rings. The van der Waals surface area contributed by atoms with Crippen molar-refractivity contribution in [1.82, 2.24) is 10.6 Å². The van der Waals surface area contributed by atoms with Crippen molar-refractivity contribution in [2.75, 3.05) is 6.61 Å². The highest BCUT2D eigenvalue weighted by atomic mass is 16.5. The minimum atomic E-state index is -0.305. The highest BCUT2D eigenvalue weighted by molar-refractivity contribution is 5.74. The molecule has 0 unspecified atom stereocenters. The predicted molar refractivity (Wildman–Crippen MR) is 74.1 cm³/mol. The van der Waals surface area contributed by atoms with Gasteiger partial charge >= 0.3 is 6.03 Å². The first-order chi connectivity index (χ1) is 9.02. The van der Waals surface area contributed by atoms with Gasteiger partial charge in [-0.3, -0.25) is 0 Å². The zero-order valence-electron chi connectivity index (χ0n) is 11.6. The molecular weight excluding hydrogens is 244 g/mol. The third-order valence-corrected chi connectivity index (χ3v) is 2.43. The summed E-state index contributed by atoms with van der Waals surface area (Å²) in [5.74, 6) is 0.771. The maximum absolute atomic E-state index is 11.5. The van der Waals surface area contributed by atoms with E-state index in [0.29, 0.717) is 6.54 Å². The summed E-state index contributed by atoms with van der Waals surface area (Å²) in [6, 6.07) is 7.02. The quantitative estimate of drug-likeness (QED) is 0.733. The summed E-state index contributed by atoms with van der Waals surface area (Å²) in [5.41, 5.74) is 0.919. The molecule has 1 rings (SSSR count). The van der Waals surface area contributed by atoms with Crippen molar-refractivity contribution in [3.63, 3.8) is 0 Å². The van der Waals surface area contributed by atoms with E-state index in [1.807, 2.05) is 38.1 Å². The van der Waals surface area contributed by atoms with Crippen LogP contribution in [-0.2, 0) is 6.54 Å². The zero-order chi connectivity index (χ0) is 14.3. The Bertz CT molecular complexity index is 407. The van der Waals surface area contributed by atoms with Gasteiger partial charge in [0.15, 0.2) is 0 Å². The van der Waals surface area contributed by atoms with Crippen LogP contribution in [0.2, 0.25) is 0 Å².